The Hall–Kier alpha value is -3.39. The van der Waals surface area contributed by atoms with Gasteiger partial charge < -0.3 is 10.1 Å². The van der Waals surface area contributed by atoms with Gasteiger partial charge in [0, 0.05) is 11.1 Å². The number of anilines is 1. The fourth-order valence-corrected chi connectivity index (χ4v) is 4.10. The maximum Gasteiger partial charge on any atom is 0.234 e. The van der Waals surface area contributed by atoms with Gasteiger partial charge in [-0.15, -0.1) is 5.10 Å². The van der Waals surface area contributed by atoms with Crippen LogP contribution >= 0.6 is 11.8 Å². The molecule has 0 bridgehead atoms. The van der Waals surface area contributed by atoms with Crippen molar-refractivity contribution in [2.45, 2.75) is 25.8 Å². The predicted molar refractivity (Wildman–Crippen MR) is 123 cm³/mol. The lowest BCUT2D eigenvalue weighted by atomic mass is 10.1. The zero-order chi connectivity index (χ0) is 22.0. The fourth-order valence-electron chi connectivity index (χ4n) is 3.33. The number of nitrogens with zero attached hydrogens (tertiary/aromatic N) is 4. The first-order valence-electron chi connectivity index (χ1n) is 9.83. The molecule has 2 aromatic carbocycles. The number of hydrogen-bond acceptors (Lipinski definition) is 6. The molecule has 0 aliphatic heterocycles. The number of carbonyl (C=O) groups excluding carboxylic acids is 1. The predicted octanol–water partition coefficient (Wildman–Crippen LogP) is 4.48. The van der Waals surface area contributed by atoms with Crippen LogP contribution in [-0.2, 0) is 4.79 Å². The Morgan fingerprint density at radius 2 is 1.90 bits per heavy atom. The summed E-state index contributed by atoms with van der Waals surface area (Å²) in [4.78, 5) is 12.6. The summed E-state index contributed by atoms with van der Waals surface area (Å²) in [5.41, 5.74) is 5.41. The van der Waals surface area contributed by atoms with Gasteiger partial charge in [-0.1, -0.05) is 36.0 Å². The van der Waals surface area contributed by atoms with Crippen molar-refractivity contribution in [3.8, 4) is 11.4 Å². The Bertz CT molecular complexity index is 1270. The zero-order valence-electron chi connectivity index (χ0n) is 17.8. The number of para-hydroxylation sites is 2. The number of methoxy groups -OCH3 is 1. The summed E-state index contributed by atoms with van der Waals surface area (Å²) >= 11 is 1.34. The SMILES string of the molecule is COc1ccccc1-n1ncc2c(C)nnc(SCC(=O)Nc3cccc(C)c3C)c21. The Kier molecular flexibility index (Phi) is 5.90. The molecule has 158 valence electrons. The van der Waals surface area contributed by atoms with Crippen LogP contribution in [0.15, 0.2) is 53.7 Å². The lowest BCUT2D eigenvalue weighted by molar-refractivity contribution is -0.113. The number of amides is 1. The second-order valence-corrected chi connectivity index (χ2v) is 8.13. The van der Waals surface area contributed by atoms with Crippen LogP contribution in [0.25, 0.3) is 16.6 Å². The molecule has 2 heterocycles. The number of ether oxygens (including phenoxy) is 1. The Morgan fingerprint density at radius 3 is 2.71 bits per heavy atom. The maximum atomic E-state index is 12.6. The smallest absolute Gasteiger partial charge is 0.234 e. The van der Waals surface area contributed by atoms with Crippen molar-refractivity contribution in [3.63, 3.8) is 0 Å². The highest BCUT2D eigenvalue weighted by atomic mass is 32.2. The van der Waals surface area contributed by atoms with Gasteiger partial charge >= 0.3 is 0 Å². The van der Waals surface area contributed by atoms with Crippen molar-refractivity contribution in [1.82, 2.24) is 20.0 Å². The van der Waals surface area contributed by atoms with Crippen LogP contribution in [0.3, 0.4) is 0 Å². The van der Waals surface area contributed by atoms with E-state index in [9.17, 15) is 4.79 Å². The molecule has 4 rings (SSSR count). The number of rotatable bonds is 6. The van der Waals surface area contributed by atoms with Gasteiger partial charge in [0.2, 0.25) is 5.91 Å². The molecule has 0 saturated heterocycles. The van der Waals surface area contributed by atoms with Gasteiger partial charge in [0.05, 0.1) is 24.8 Å². The molecule has 1 amide bonds. The van der Waals surface area contributed by atoms with Crippen LogP contribution in [0.5, 0.6) is 5.75 Å². The third-order valence-corrected chi connectivity index (χ3v) is 6.14. The van der Waals surface area contributed by atoms with Crippen LogP contribution in [0.1, 0.15) is 16.8 Å². The molecule has 0 spiro atoms. The van der Waals surface area contributed by atoms with Crippen molar-refractivity contribution in [3.05, 3.63) is 65.5 Å². The molecule has 2 aromatic heterocycles. The van der Waals surface area contributed by atoms with Gasteiger partial charge in [0.1, 0.15) is 22.0 Å². The van der Waals surface area contributed by atoms with Crippen molar-refractivity contribution >= 4 is 34.3 Å². The number of carbonyl (C=O) groups is 1. The van der Waals surface area contributed by atoms with Gasteiger partial charge in [-0.05, 0) is 50.1 Å². The van der Waals surface area contributed by atoms with Crippen molar-refractivity contribution in [2.75, 3.05) is 18.2 Å². The topological polar surface area (TPSA) is 81.9 Å². The van der Waals surface area contributed by atoms with Crippen molar-refractivity contribution in [1.29, 1.82) is 0 Å². The first-order chi connectivity index (χ1) is 15.0. The molecule has 7 nitrogen and oxygen atoms in total. The van der Waals surface area contributed by atoms with E-state index >= 15 is 0 Å². The summed E-state index contributed by atoms with van der Waals surface area (Å²) in [6, 6.07) is 13.5. The molecular formula is C23H23N5O2S. The molecule has 0 aliphatic rings. The molecule has 1 N–H and O–H groups in total. The molecule has 0 fully saturated rings. The fraction of sp³-hybridized carbons (Fsp3) is 0.217. The lowest BCUT2D eigenvalue weighted by Crippen LogP contribution is -2.15. The van der Waals surface area contributed by atoms with Gasteiger partial charge in [-0.3, -0.25) is 4.79 Å². The number of hydrogen-bond donors (Lipinski definition) is 1. The lowest BCUT2D eigenvalue weighted by Gasteiger charge is -2.12. The zero-order valence-corrected chi connectivity index (χ0v) is 18.7. The number of aromatic nitrogens is 4. The average Bonchev–Trinajstić information content (AvgIpc) is 3.22. The molecule has 31 heavy (non-hydrogen) atoms. The maximum absolute atomic E-state index is 12.6. The average molecular weight is 434 g/mol. The molecule has 8 heteroatoms. The molecule has 0 atom stereocenters. The monoisotopic (exact) mass is 433 g/mol. The number of thioether (sulfide) groups is 1. The Balaban J connectivity index is 1.64. The summed E-state index contributed by atoms with van der Waals surface area (Å²) < 4.78 is 7.30. The van der Waals surface area contributed by atoms with E-state index in [2.05, 4.69) is 20.6 Å². The molecular weight excluding hydrogens is 410 g/mol. The highest BCUT2D eigenvalue weighted by Crippen LogP contribution is 2.32. The quantitative estimate of drug-likeness (QED) is 0.452. The van der Waals surface area contributed by atoms with E-state index in [0.717, 1.165) is 39.1 Å². The Labute approximate surface area is 184 Å². The van der Waals surface area contributed by atoms with Crippen LogP contribution < -0.4 is 10.1 Å². The first kappa shape index (κ1) is 20.9. The molecule has 0 unspecified atom stereocenters. The van der Waals surface area contributed by atoms with Gasteiger partial charge in [-0.2, -0.15) is 10.2 Å². The molecule has 0 radical (unpaired) electrons. The normalized spacial score (nSPS) is 11.0. The highest BCUT2D eigenvalue weighted by molar-refractivity contribution is 8.00. The van der Waals surface area contributed by atoms with E-state index in [0.29, 0.717) is 10.8 Å². The van der Waals surface area contributed by atoms with Crippen LogP contribution in [0.4, 0.5) is 5.69 Å². The van der Waals surface area contributed by atoms with E-state index in [1.165, 1.54) is 11.8 Å². The van der Waals surface area contributed by atoms with Gasteiger partial charge in [0.15, 0.2) is 0 Å². The minimum absolute atomic E-state index is 0.0995. The molecule has 0 aliphatic carbocycles. The summed E-state index contributed by atoms with van der Waals surface area (Å²) in [7, 11) is 1.63. The van der Waals surface area contributed by atoms with Crippen LogP contribution in [0, 0.1) is 20.8 Å². The van der Waals surface area contributed by atoms with Crippen molar-refractivity contribution in [2.24, 2.45) is 0 Å². The van der Waals surface area contributed by atoms with E-state index in [-0.39, 0.29) is 11.7 Å². The largest absolute Gasteiger partial charge is 0.494 e. The first-order valence-corrected chi connectivity index (χ1v) is 10.8. The summed E-state index contributed by atoms with van der Waals surface area (Å²) in [6.07, 6.45) is 1.77. The highest BCUT2D eigenvalue weighted by Gasteiger charge is 2.18. The third kappa shape index (κ3) is 4.11. The second kappa shape index (κ2) is 8.77. The minimum atomic E-state index is -0.0995. The number of aryl methyl sites for hydroxylation is 2. The van der Waals surface area contributed by atoms with Crippen molar-refractivity contribution < 1.29 is 9.53 Å². The van der Waals surface area contributed by atoms with Crippen LogP contribution in [-0.4, -0.2) is 38.7 Å². The molecule has 4 aromatic rings. The van der Waals surface area contributed by atoms with Gasteiger partial charge in [-0.25, -0.2) is 4.68 Å². The van der Waals surface area contributed by atoms with E-state index < -0.39 is 0 Å². The van der Waals surface area contributed by atoms with E-state index in [1.54, 1.807) is 18.0 Å². The standard InChI is InChI=1S/C23H23N5O2S/c1-14-8-7-9-18(15(14)2)25-21(29)13-31-23-22-17(16(3)26-27-23)12-24-28(22)19-10-5-6-11-20(19)30-4/h5-12H,13H2,1-4H3,(H,25,29). The van der Waals surface area contributed by atoms with Crippen LogP contribution in [0.2, 0.25) is 0 Å². The summed E-state index contributed by atoms with van der Waals surface area (Å²) in [5.74, 6) is 0.806. The molecule has 0 saturated carbocycles. The number of nitrogens with one attached hydrogen (secondary N) is 1. The third-order valence-electron chi connectivity index (χ3n) is 5.18. The van der Waals surface area contributed by atoms with Gasteiger partial charge in [0.25, 0.3) is 0 Å². The van der Waals surface area contributed by atoms with E-state index in [1.807, 2.05) is 63.2 Å². The Morgan fingerprint density at radius 1 is 1.10 bits per heavy atom. The number of benzene rings is 2. The number of fused-ring (bicyclic) bond motifs is 1. The second-order valence-electron chi connectivity index (χ2n) is 7.17. The summed E-state index contributed by atoms with van der Waals surface area (Å²) in [6.45, 7) is 5.92. The summed E-state index contributed by atoms with van der Waals surface area (Å²) in [5, 5.41) is 17.7. The minimum Gasteiger partial charge on any atom is -0.494 e. The van der Waals surface area contributed by atoms with E-state index in [4.69, 9.17) is 4.74 Å².